The predicted molar refractivity (Wildman–Crippen MR) is 108 cm³/mol. The summed E-state index contributed by atoms with van der Waals surface area (Å²) in [6, 6.07) is 14.7. The minimum atomic E-state index is -0.469. The van der Waals surface area contributed by atoms with Crippen molar-refractivity contribution in [2.24, 2.45) is 0 Å². The molecule has 0 saturated carbocycles. The van der Waals surface area contributed by atoms with Gasteiger partial charge in [-0.3, -0.25) is 9.59 Å². The van der Waals surface area contributed by atoms with Gasteiger partial charge in [-0.1, -0.05) is 43.3 Å². The van der Waals surface area contributed by atoms with Crippen LogP contribution < -0.4 is 10.7 Å². The Balaban J connectivity index is 2.26. The van der Waals surface area contributed by atoms with Crippen LogP contribution in [-0.4, -0.2) is 28.7 Å². The number of aliphatic hydroxyl groups excluding tert-OH is 1. The van der Waals surface area contributed by atoms with Gasteiger partial charge in [0.15, 0.2) is 5.43 Å². The molecule has 27 heavy (non-hydrogen) atoms. The van der Waals surface area contributed by atoms with Crippen molar-refractivity contribution < 1.29 is 9.90 Å². The Hall–Kier alpha value is -2.92. The monoisotopic (exact) mass is 364 g/mol. The van der Waals surface area contributed by atoms with Crippen LogP contribution in [0.2, 0.25) is 0 Å². The van der Waals surface area contributed by atoms with Crippen molar-refractivity contribution >= 4 is 16.8 Å². The first-order valence-corrected chi connectivity index (χ1v) is 9.16. The number of carbonyl (C=O) groups excluding carboxylic acids is 1. The molecular weight excluding hydrogens is 340 g/mol. The highest BCUT2D eigenvalue weighted by Gasteiger charge is 2.21. The summed E-state index contributed by atoms with van der Waals surface area (Å²) in [7, 11) is 0. The molecule has 1 amide bonds. The second-order valence-corrected chi connectivity index (χ2v) is 6.60. The molecule has 0 saturated heterocycles. The van der Waals surface area contributed by atoms with E-state index in [1.165, 1.54) is 0 Å². The Morgan fingerprint density at radius 1 is 1.19 bits per heavy atom. The maximum atomic E-state index is 13.1. The van der Waals surface area contributed by atoms with Crippen molar-refractivity contribution in [2.45, 2.75) is 26.3 Å². The standard InChI is InChI=1S/C22H24N2O3/c1-3-19(22(27)23-11-12-25)24-14-18(16-7-5-4-6-8-16)21(26)17-10-9-15(2)13-20(17)24/h4-10,13-14,19,25H,3,11-12H2,1-2H3,(H,23,27). The fourth-order valence-electron chi connectivity index (χ4n) is 3.35. The van der Waals surface area contributed by atoms with E-state index in [0.717, 1.165) is 16.6 Å². The third-order valence-electron chi connectivity index (χ3n) is 4.71. The number of aliphatic hydroxyl groups is 1. The number of rotatable bonds is 6. The SMILES string of the molecule is CCC(C(=O)NCCO)n1cc(-c2ccccc2)c(=O)c2ccc(C)cc21. The molecule has 0 bridgehead atoms. The highest BCUT2D eigenvalue weighted by atomic mass is 16.3. The second kappa shape index (κ2) is 8.18. The number of nitrogens with one attached hydrogen (secondary N) is 1. The third kappa shape index (κ3) is 3.78. The fourth-order valence-corrected chi connectivity index (χ4v) is 3.35. The number of aryl methyl sites for hydroxylation is 1. The van der Waals surface area contributed by atoms with E-state index in [4.69, 9.17) is 5.11 Å². The molecule has 1 aromatic heterocycles. The van der Waals surface area contributed by atoms with Gasteiger partial charge in [0.05, 0.1) is 12.1 Å². The van der Waals surface area contributed by atoms with E-state index in [1.807, 2.05) is 66.9 Å². The first kappa shape index (κ1) is 18.9. The maximum Gasteiger partial charge on any atom is 0.243 e. The lowest BCUT2D eigenvalue weighted by atomic mass is 10.0. The molecule has 0 aliphatic heterocycles. The van der Waals surface area contributed by atoms with Gasteiger partial charge in [0.2, 0.25) is 5.91 Å². The molecule has 0 aliphatic rings. The number of amides is 1. The summed E-state index contributed by atoms with van der Waals surface area (Å²) in [5, 5.41) is 12.4. The Labute approximate surface area is 158 Å². The molecule has 140 valence electrons. The fraction of sp³-hybridized carbons (Fsp3) is 0.273. The van der Waals surface area contributed by atoms with Crippen LogP contribution in [0.1, 0.15) is 24.9 Å². The predicted octanol–water partition coefficient (Wildman–Crippen LogP) is 3.04. The molecule has 1 heterocycles. The van der Waals surface area contributed by atoms with Crippen LogP contribution in [0.4, 0.5) is 0 Å². The Morgan fingerprint density at radius 2 is 1.93 bits per heavy atom. The minimum absolute atomic E-state index is 0.0435. The summed E-state index contributed by atoms with van der Waals surface area (Å²) in [5.74, 6) is -0.169. The van der Waals surface area contributed by atoms with Gasteiger partial charge in [-0.15, -0.1) is 0 Å². The molecule has 5 heteroatoms. The Kier molecular flexibility index (Phi) is 5.72. The number of pyridine rings is 1. The van der Waals surface area contributed by atoms with E-state index in [9.17, 15) is 9.59 Å². The number of hydrogen-bond acceptors (Lipinski definition) is 3. The number of benzene rings is 2. The zero-order chi connectivity index (χ0) is 19.4. The van der Waals surface area contributed by atoms with Crippen molar-refractivity contribution in [1.29, 1.82) is 0 Å². The number of fused-ring (bicyclic) bond motifs is 1. The van der Waals surface area contributed by atoms with E-state index in [2.05, 4.69) is 5.32 Å². The minimum Gasteiger partial charge on any atom is -0.395 e. The van der Waals surface area contributed by atoms with Gasteiger partial charge in [0.25, 0.3) is 0 Å². The Morgan fingerprint density at radius 3 is 2.59 bits per heavy atom. The lowest BCUT2D eigenvalue weighted by molar-refractivity contribution is -0.124. The van der Waals surface area contributed by atoms with Crippen LogP contribution >= 0.6 is 0 Å². The third-order valence-corrected chi connectivity index (χ3v) is 4.71. The summed E-state index contributed by atoms with van der Waals surface area (Å²) in [4.78, 5) is 25.8. The average molecular weight is 364 g/mol. The van der Waals surface area contributed by atoms with Gasteiger partial charge < -0.3 is 15.0 Å². The van der Waals surface area contributed by atoms with Crippen molar-refractivity contribution in [2.75, 3.05) is 13.2 Å². The molecule has 3 rings (SSSR count). The molecule has 2 aromatic carbocycles. The quantitative estimate of drug-likeness (QED) is 0.706. The highest BCUT2D eigenvalue weighted by molar-refractivity contribution is 5.88. The molecule has 3 aromatic rings. The summed E-state index contributed by atoms with van der Waals surface area (Å²) >= 11 is 0. The lowest BCUT2D eigenvalue weighted by Gasteiger charge is -2.22. The van der Waals surface area contributed by atoms with Gasteiger partial charge in [-0.25, -0.2) is 0 Å². The number of nitrogens with zero attached hydrogens (tertiary/aromatic N) is 1. The molecule has 1 unspecified atom stereocenters. The van der Waals surface area contributed by atoms with Crippen molar-refractivity contribution in [1.82, 2.24) is 9.88 Å². The van der Waals surface area contributed by atoms with E-state index in [-0.39, 0.29) is 24.5 Å². The molecule has 0 fully saturated rings. The second-order valence-electron chi connectivity index (χ2n) is 6.60. The van der Waals surface area contributed by atoms with Crippen LogP contribution in [0, 0.1) is 6.92 Å². The van der Waals surface area contributed by atoms with E-state index < -0.39 is 6.04 Å². The van der Waals surface area contributed by atoms with Gasteiger partial charge in [0.1, 0.15) is 6.04 Å². The average Bonchev–Trinajstić information content (AvgIpc) is 2.69. The largest absolute Gasteiger partial charge is 0.395 e. The molecular formula is C22H24N2O3. The van der Waals surface area contributed by atoms with Crippen LogP contribution in [-0.2, 0) is 4.79 Å². The van der Waals surface area contributed by atoms with Crippen LogP contribution in [0.3, 0.4) is 0 Å². The molecule has 0 aliphatic carbocycles. The smallest absolute Gasteiger partial charge is 0.243 e. The topological polar surface area (TPSA) is 71.3 Å². The molecule has 2 N–H and O–H groups in total. The van der Waals surface area contributed by atoms with Crippen LogP contribution in [0.5, 0.6) is 0 Å². The normalized spacial score (nSPS) is 12.1. The number of carbonyl (C=O) groups is 1. The molecule has 1 atom stereocenters. The number of aromatic nitrogens is 1. The summed E-state index contributed by atoms with van der Waals surface area (Å²) in [6.07, 6.45) is 2.35. The van der Waals surface area contributed by atoms with Crippen LogP contribution in [0.25, 0.3) is 22.0 Å². The molecule has 0 radical (unpaired) electrons. The van der Waals surface area contributed by atoms with Crippen LogP contribution in [0.15, 0.2) is 59.5 Å². The zero-order valence-corrected chi connectivity index (χ0v) is 15.6. The van der Waals surface area contributed by atoms with E-state index >= 15 is 0 Å². The zero-order valence-electron chi connectivity index (χ0n) is 15.6. The van der Waals surface area contributed by atoms with E-state index in [0.29, 0.717) is 17.4 Å². The summed E-state index contributed by atoms with van der Waals surface area (Å²) in [5.41, 5.74) is 3.11. The van der Waals surface area contributed by atoms with Gasteiger partial charge >= 0.3 is 0 Å². The van der Waals surface area contributed by atoms with Crippen molar-refractivity contribution in [3.63, 3.8) is 0 Å². The maximum absolute atomic E-state index is 13.1. The first-order chi connectivity index (χ1) is 13.1. The Bertz CT molecular complexity index is 1010. The summed E-state index contributed by atoms with van der Waals surface area (Å²) in [6.45, 7) is 4.00. The van der Waals surface area contributed by atoms with Gasteiger partial charge in [-0.05, 0) is 36.6 Å². The number of hydrogen-bond donors (Lipinski definition) is 2. The van der Waals surface area contributed by atoms with Gasteiger partial charge in [-0.2, -0.15) is 0 Å². The van der Waals surface area contributed by atoms with Gasteiger partial charge in [0, 0.05) is 23.7 Å². The first-order valence-electron chi connectivity index (χ1n) is 9.16. The van der Waals surface area contributed by atoms with Crippen molar-refractivity contribution in [3.05, 3.63) is 70.5 Å². The lowest BCUT2D eigenvalue weighted by Crippen LogP contribution is -2.34. The van der Waals surface area contributed by atoms with E-state index in [1.54, 1.807) is 6.20 Å². The van der Waals surface area contributed by atoms with Crippen molar-refractivity contribution in [3.8, 4) is 11.1 Å². The molecule has 5 nitrogen and oxygen atoms in total. The molecule has 0 spiro atoms. The summed E-state index contributed by atoms with van der Waals surface area (Å²) < 4.78 is 1.89. The highest BCUT2D eigenvalue weighted by Crippen LogP contribution is 2.25.